The van der Waals surface area contributed by atoms with E-state index in [-0.39, 0.29) is 0 Å². The van der Waals surface area contributed by atoms with Gasteiger partial charge in [-0.05, 0) is 31.9 Å². The van der Waals surface area contributed by atoms with Crippen LogP contribution >= 0.6 is 0 Å². The van der Waals surface area contributed by atoms with Crippen molar-refractivity contribution in [3.05, 3.63) is 29.8 Å². The lowest BCUT2D eigenvalue weighted by molar-refractivity contribution is -0.0731. The molecule has 1 heterocycles. The van der Waals surface area contributed by atoms with Crippen LogP contribution in [0.15, 0.2) is 24.3 Å². The highest BCUT2D eigenvalue weighted by molar-refractivity contribution is 5.57. The molecule has 0 saturated carbocycles. The van der Waals surface area contributed by atoms with E-state index in [9.17, 15) is 5.11 Å². The molecule has 1 N–H and O–H groups in total. The third-order valence-electron chi connectivity index (χ3n) is 3.71. The highest BCUT2D eigenvalue weighted by Crippen LogP contribution is 2.28. The number of methoxy groups -OCH3 is 1. The van der Waals surface area contributed by atoms with Crippen molar-refractivity contribution >= 4 is 5.69 Å². The molecule has 0 saturated heterocycles. The van der Waals surface area contributed by atoms with E-state index >= 15 is 0 Å². The van der Waals surface area contributed by atoms with Crippen LogP contribution in [0.4, 0.5) is 5.69 Å². The molecule has 1 aliphatic rings. The molecular weight excluding hydrogens is 214 g/mol. The average Bonchev–Trinajstić information content (AvgIpc) is 2.73. The Balaban J connectivity index is 2.07. The number of para-hydroxylation sites is 1. The van der Waals surface area contributed by atoms with Crippen LogP contribution in [0.1, 0.15) is 19.4 Å². The van der Waals surface area contributed by atoms with Crippen LogP contribution in [0.2, 0.25) is 0 Å². The smallest absolute Gasteiger partial charge is 0.0998 e. The Morgan fingerprint density at radius 2 is 2.12 bits per heavy atom. The molecule has 1 aliphatic heterocycles. The van der Waals surface area contributed by atoms with Crippen LogP contribution in [-0.2, 0) is 11.2 Å². The van der Waals surface area contributed by atoms with E-state index in [1.54, 1.807) is 7.11 Å². The molecule has 1 atom stereocenters. The third-order valence-corrected chi connectivity index (χ3v) is 3.71. The predicted molar refractivity (Wildman–Crippen MR) is 69.5 cm³/mol. The van der Waals surface area contributed by atoms with Gasteiger partial charge < -0.3 is 14.7 Å². The van der Waals surface area contributed by atoms with Gasteiger partial charge in [0, 0.05) is 25.9 Å². The van der Waals surface area contributed by atoms with Gasteiger partial charge in [0.15, 0.2) is 0 Å². The molecule has 0 bridgehead atoms. The number of nitrogens with zero attached hydrogens (tertiary/aromatic N) is 1. The molecule has 1 aromatic rings. The maximum Gasteiger partial charge on any atom is 0.0998 e. The number of benzene rings is 1. The first-order valence-electron chi connectivity index (χ1n) is 6.10. The van der Waals surface area contributed by atoms with E-state index in [0.29, 0.717) is 6.54 Å². The van der Waals surface area contributed by atoms with E-state index in [1.165, 1.54) is 11.3 Å². The Labute approximate surface area is 103 Å². The first-order valence-corrected chi connectivity index (χ1v) is 6.10. The summed E-state index contributed by atoms with van der Waals surface area (Å²) in [5.41, 5.74) is 2.12. The molecule has 94 valence electrons. The summed E-state index contributed by atoms with van der Waals surface area (Å²) in [6, 6.07) is 8.39. The normalized spacial score (nSPS) is 17.1. The lowest BCUT2D eigenvalue weighted by atomic mass is 10.0. The fraction of sp³-hybridized carbons (Fsp3) is 0.571. The minimum atomic E-state index is -0.502. The zero-order chi connectivity index (χ0) is 12.5. The van der Waals surface area contributed by atoms with Crippen LogP contribution in [0.5, 0.6) is 0 Å². The number of β-amino-alcohol motifs (C(OH)–C–C–N with tert-alkyl or cyclic N) is 1. The number of hydrogen-bond acceptors (Lipinski definition) is 3. The molecule has 3 heteroatoms. The predicted octanol–water partition coefficient (Wildman–Crippen LogP) is 1.83. The van der Waals surface area contributed by atoms with Crippen LogP contribution < -0.4 is 4.90 Å². The van der Waals surface area contributed by atoms with Gasteiger partial charge in [-0.15, -0.1) is 0 Å². The molecule has 2 rings (SSSR count). The number of hydrogen-bond donors (Lipinski definition) is 1. The van der Waals surface area contributed by atoms with Crippen LogP contribution in [0.25, 0.3) is 0 Å². The molecule has 17 heavy (non-hydrogen) atoms. The van der Waals surface area contributed by atoms with Gasteiger partial charge in [-0.1, -0.05) is 18.2 Å². The highest BCUT2D eigenvalue weighted by atomic mass is 16.5. The van der Waals surface area contributed by atoms with Crippen molar-refractivity contribution in [2.45, 2.75) is 32.0 Å². The van der Waals surface area contributed by atoms with E-state index < -0.39 is 11.7 Å². The molecule has 0 radical (unpaired) electrons. The number of aliphatic hydroxyl groups is 1. The van der Waals surface area contributed by atoms with Gasteiger partial charge in [0.05, 0.1) is 11.7 Å². The minimum absolute atomic E-state index is 0.487. The Kier molecular flexibility index (Phi) is 3.40. The van der Waals surface area contributed by atoms with Gasteiger partial charge in [-0.25, -0.2) is 0 Å². The summed E-state index contributed by atoms with van der Waals surface area (Å²) in [4.78, 5) is 2.24. The van der Waals surface area contributed by atoms with Gasteiger partial charge in [0.2, 0.25) is 0 Å². The number of anilines is 1. The van der Waals surface area contributed by atoms with Crippen LogP contribution in [-0.4, -0.2) is 37.0 Å². The number of aliphatic hydroxyl groups excluding tert-OH is 1. The van der Waals surface area contributed by atoms with E-state index in [2.05, 4.69) is 23.1 Å². The topological polar surface area (TPSA) is 32.7 Å². The zero-order valence-corrected chi connectivity index (χ0v) is 10.8. The van der Waals surface area contributed by atoms with Gasteiger partial charge >= 0.3 is 0 Å². The van der Waals surface area contributed by atoms with E-state index in [0.717, 1.165) is 13.0 Å². The second-order valence-electron chi connectivity index (χ2n) is 5.15. The molecule has 0 fully saturated rings. The fourth-order valence-electron chi connectivity index (χ4n) is 2.16. The van der Waals surface area contributed by atoms with E-state index in [4.69, 9.17) is 4.74 Å². The zero-order valence-electron chi connectivity index (χ0n) is 10.8. The van der Waals surface area contributed by atoms with Crippen molar-refractivity contribution < 1.29 is 9.84 Å². The van der Waals surface area contributed by atoms with Crippen molar-refractivity contribution in [2.75, 3.05) is 25.1 Å². The molecule has 1 unspecified atom stereocenters. The summed E-state index contributed by atoms with van der Waals surface area (Å²) in [7, 11) is 1.64. The molecule has 0 spiro atoms. The highest BCUT2D eigenvalue weighted by Gasteiger charge is 2.30. The van der Waals surface area contributed by atoms with Crippen LogP contribution in [0, 0.1) is 0 Å². The largest absolute Gasteiger partial charge is 0.388 e. The second kappa shape index (κ2) is 4.67. The van der Waals surface area contributed by atoms with Gasteiger partial charge in [-0.3, -0.25) is 0 Å². The van der Waals surface area contributed by atoms with Crippen molar-refractivity contribution in [1.82, 2.24) is 0 Å². The minimum Gasteiger partial charge on any atom is -0.388 e. The summed E-state index contributed by atoms with van der Waals surface area (Å²) in [6.45, 7) is 5.44. The van der Waals surface area contributed by atoms with Crippen molar-refractivity contribution in [3.63, 3.8) is 0 Å². The Hall–Kier alpha value is -1.06. The Morgan fingerprint density at radius 1 is 1.41 bits per heavy atom. The lowest BCUT2D eigenvalue weighted by Gasteiger charge is -2.33. The molecule has 0 aromatic heterocycles. The first-order chi connectivity index (χ1) is 8.04. The molecule has 0 amide bonds. The van der Waals surface area contributed by atoms with E-state index in [1.807, 2.05) is 19.9 Å². The summed E-state index contributed by atoms with van der Waals surface area (Å²) >= 11 is 0. The fourth-order valence-corrected chi connectivity index (χ4v) is 2.16. The van der Waals surface area contributed by atoms with Gasteiger partial charge in [-0.2, -0.15) is 0 Å². The molecular formula is C14H21NO2. The van der Waals surface area contributed by atoms with Crippen LogP contribution in [0.3, 0.4) is 0 Å². The average molecular weight is 235 g/mol. The monoisotopic (exact) mass is 235 g/mol. The maximum atomic E-state index is 10.2. The van der Waals surface area contributed by atoms with Gasteiger partial charge in [0.25, 0.3) is 0 Å². The number of ether oxygens (including phenoxy) is 1. The molecule has 3 nitrogen and oxygen atoms in total. The summed E-state index contributed by atoms with van der Waals surface area (Å²) < 4.78 is 5.32. The lowest BCUT2D eigenvalue weighted by Crippen LogP contribution is -2.45. The third kappa shape index (κ3) is 2.45. The standard InChI is InChI=1S/C14H21NO2/c1-14(2,17-3)13(16)10-15-9-8-11-6-4-5-7-12(11)15/h4-7,13,16H,8-10H2,1-3H3. The first kappa shape index (κ1) is 12.4. The SMILES string of the molecule is COC(C)(C)C(O)CN1CCc2ccccc21. The maximum absolute atomic E-state index is 10.2. The number of rotatable bonds is 4. The van der Waals surface area contributed by atoms with Crippen molar-refractivity contribution in [2.24, 2.45) is 0 Å². The quantitative estimate of drug-likeness (QED) is 0.864. The van der Waals surface area contributed by atoms with Gasteiger partial charge in [0.1, 0.15) is 0 Å². The molecule has 1 aromatic carbocycles. The second-order valence-corrected chi connectivity index (χ2v) is 5.15. The summed E-state index contributed by atoms with van der Waals surface area (Å²) in [5.74, 6) is 0. The number of fused-ring (bicyclic) bond motifs is 1. The Bertz CT molecular complexity index is 390. The van der Waals surface area contributed by atoms with Crippen molar-refractivity contribution in [3.8, 4) is 0 Å². The molecule has 0 aliphatic carbocycles. The Morgan fingerprint density at radius 3 is 2.82 bits per heavy atom. The summed E-state index contributed by atoms with van der Waals surface area (Å²) in [6.07, 6.45) is 0.578. The van der Waals surface area contributed by atoms with Crippen molar-refractivity contribution in [1.29, 1.82) is 0 Å². The summed E-state index contributed by atoms with van der Waals surface area (Å²) in [5, 5.41) is 10.2.